The summed E-state index contributed by atoms with van der Waals surface area (Å²) in [5, 5.41) is 2.83. The molecule has 0 atom stereocenters. The maximum atomic E-state index is 12.8. The monoisotopic (exact) mass is 352 g/mol. The fourth-order valence-electron chi connectivity index (χ4n) is 4.07. The van der Waals surface area contributed by atoms with Crippen LogP contribution in [0.1, 0.15) is 58.6 Å². The van der Waals surface area contributed by atoms with Gasteiger partial charge >= 0.3 is 0 Å². The van der Waals surface area contributed by atoms with Gasteiger partial charge in [-0.25, -0.2) is 0 Å². The van der Waals surface area contributed by atoms with Crippen LogP contribution < -0.4 is 5.32 Å². The predicted molar refractivity (Wildman–Crippen MR) is 99.3 cm³/mol. The SMILES string of the molecule is O=C(Nc1ccc2c(c1)CCN(CC1CCCCC1)C2=O)c1ccco1. The first-order valence-corrected chi connectivity index (χ1v) is 9.48. The van der Waals surface area contributed by atoms with E-state index in [1.54, 1.807) is 18.2 Å². The molecule has 0 bridgehead atoms. The van der Waals surface area contributed by atoms with Crippen molar-refractivity contribution < 1.29 is 14.0 Å². The molecule has 0 radical (unpaired) electrons. The van der Waals surface area contributed by atoms with Gasteiger partial charge in [0.05, 0.1) is 6.26 Å². The second kappa shape index (κ2) is 7.36. The van der Waals surface area contributed by atoms with Crippen LogP contribution in [0.3, 0.4) is 0 Å². The fourth-order valence-corrected chi connectivity index (χ4v) is 4.07. The first kappa shape index (κ1) is 16.9. The third kappa shape index (κ3) is 3.52. The van der Waals surface area contributed by atoms with Gasteiger partial charge in [-0.3, -0.25) is 9.59 Å². The summed E-state index contributed by atoms with van der Waals surface area (Å²) >= 11 is 0. The normalized spacial score (nSPS) is 17.8. The van der Waals surface area contributed by atoms with E-state index in [0.29, 0.717) is 11.6 Å². The second-order valence-corrected chi connectivity index (χ2v) is 7.31. The van der Waals surface area contributed by atoms with Crippen LogP contribution in [0.2, 0.25) is 0 Å². The van der Waals surface area contributed by atoms with E-state index in [4.69, 9.17) is 4.42 Å². The van der Waals surface area contributed by atoms with Crippen LogP contribution in [-0.2, 0) is 6.42 Å². The minimum Gasteiger partial charge on any atom is -0.459 e. The van der Waals surface area contributed by atoms with Gasteiger partial charge in [0.2, 0.25) is 0 Å². The maximum Gasteiger partial charge on any atom is 0.291 e. The molecule has 1 aromatic heterocycles. The number of carbonyl (C=O) groups is 2. The zero-order valence-corrected chi connectivity index (χ0v) is 14.9. The Balaban J connectivity index is 1.44. The molecule has 136 valence electrons. The summed E-state index contributed by atoms with van der Waals surface area (Å²) in [6, 6.07) is 8.85. The van der Waals surface area contributed by atoms with E-state index in [1.165, 1.54) is 38.4 Å². The van der Waals surface area contributed by atoms with Crippen LogP contribution in [0.25, 0.3) is 0 Å². The van der Waals surface area contributed by atoms with Crippen molar-refractivity contribution >= 4 is 17.5 Å². The molecule has 0 spiro atoms. The number of rotatable bonds is 4. The van der Waals surface area contributed by atoms with Crippen LogP contribution >= 0.6 is 0 Å². The van der Waals surface area contributed by atoms with Crippen LogP contribution in [-0.4, -0.2) is 29.8 Å². The zero-order chi connectivity index (χ0) is 17.9. The Labute approximate surface area is 153 Å². The van der Waals surface area contributed by atoms with Gasteiger partial charge in [0.25, 0.3) is 11.8 Å². The number of hydrogen-bond acceptors (Lipinski definition) is 3. The lowest BCUT2D eigenvalue weighted by Crippen LogP contribution is -2.41. The highest BCUT2D eigenvalue weighted by molar-refractivity contribution is 6.03. The number of carbonyl (C=O) groups excluding carboxylic acids is 2. The number of fused-ring (bicyclic) bond motifs is 1. The smallest absolute Gasteiger partial charge is 0.291 e. The number of furan rings is 1. The van der Waals surface area contributed by atoms with Crippen molar-refractivity contribution in [3.63, 3.8) is 0 Å². The molecular weight excluding hydrogens is 328 g/mol. The highest BCUT2D eigenvalue weighted by Crippen LogP contribution is 2.28. The highest BCUT2D eigenvalue weighted by Gasteiger charge is 2.27. The molecule has 1 aromatic carbocycles. The maximum absolute atomic E-state index is 12.8. The van der Waals surface area contributed by atoms with E-state index in [1.807, 2.05) is 17.0 Å². The third-order valence-electron chi connectivity index (χ3n) is 5.48. The first-order valence-electron chi connectivity index (χ1n) is 9.48. The van der Waals surface area contributed by atoms with Gasteiger partial charge in [-0.15, -0.1) is 0 Å². The minimum absolute atomic E-state index is 0.126. The van der Waals surface area contributed by atoms with Crippen LogP contribution in [0.4, 0.5) is 5.69 Å². The molecule has 2 aliphatic rings. The molecule has 1 aliphatic carbocycles. The molecule has 1 aliphatic heterocycles. The summed E-state index contributed by atoms with van der Waals surface area (Å²) in [6.07, 6.45) is 8.71. The van der Waals surface area contributed by atoms with Crippen molar-refractivity contribution in [1.29, 1.82) is 0 Å². The van der Waals surface area contributed by atoms with Crippen molar-refractivity contribution in [2.75, 3.05) is 18.4 Å². The average Bonchev–Trinajstić information content (AvgIpc) is 3.20. The zero-order valence-electron chi connectivity index (χ0n) is 14.9. The Morgan fingerprint density at radius 3 is 2.81 bits per heavy atom. The predicted octanol–water partition coefficient (Wildman–Crippen LogP) is 4.11. The molecule has 5 heteroatoms. The molecule has 5 nitrogen and oxygen atoms in total. The number of amides is 2. The summed E-state index contributed by atoms with van der Waals surface area (Å²) < 4.78 is 5.11. The quantitative estimate of drug-likeness (QED) is 0.901. The lowest BCUT2D eigenvalue weighted by atomic mass is 9.88. The van der Waals surface area contributed by atoms with E-state index in [-0.39, 0.29) is 17.6 Å². The topological polar surface area (TPSA) is 62.6 Å². The molecule has 0 unspecified atom stereocenters. The molecule has 1 fully saturated rings. The van der Waals surface area contributed by atoms with Gasteiger partial charge in [0, 0.05) is 24.3 Å². The van der Waals surface area contributed by atoms with Gasteiger partial charge in [0.1, 0.15) is 0 Å². The van der Waals surface area contributed by atoms with E-state index in [2.05, 4.69) is 5.32 Å². The Kier molecular flexibility index (Phi) is 4.78. The number of anilines is 1. The highest BCUT2D eigenvalue weighted by atomic mass is 16.3. The van der Waals surface area contributed by atoms with Crippen molar-refractivity contribution in [3.8, 4) is 0 Å². The van der Waals surface area contributed by atoms with Crippen LogP contribution in [0.5, 0.6) is 0 Å². The summed E-state index contributed by atoms with van der Waals surface area (Å²) in [4.78, 5) is 26.9. The Morgan fingerprint density at radius 1 is 1.19 bits per heavy atom. The van der Waals surface area contributed by atoms with Gasteiger partial charge in [-0.05, 0) is 61.1 Å². The molecule has 2 heterocycles. The third-order valence-corrected chi connectivity index (χ3v) is 5.48. The molecule has 4 rings (SSSR count). The van der Waals surface area contributed by atoms with Crippen molar-refractivity contribution in [2.24, 2.45) is 5.92 Å². The standard InChI is InChI=1S/C21H24N2O3/c24-20(19-7-4-12-26-19)22-17-8-9-18-16(13-17)10-11-23(21(18)25)14-15-5-2-1-3-6-15/h4,7-9,12-13,15H,1-3,5-6,10-11,14H2,(H,22,24). The molecule has 1 saturated carbocycles. The number of nitrogens with zero attached hydrogens (tertiary/aromatic N) is 1. The van der Waals surface area contributed by atoms with E-state index >= 15 is 0 Å². The largest absolute Gasteiger partial charge is 0.459 e. The number of nitrogens with one attached hydrogen (secondary N) is 1. The number of hydrogen-bond donors (Lipinski definition) is 1. The van der Waals surface area contributed by atoms with Crippen molar-refractivity contribution in [2.45, 2.75) is 38.5 Å². The van der Waals surface area contributed by atoms with Gasteiger partial charge in [-0.1, -0.05) is 19.3 Å². The molecule has 0 saturated heterocycles. The molecule has 2 amide bonds. The fraction of sp³-hybridized carbons (Fsp3) is 0.429. The minimum atomic E-state index is -0.281. The van der Waals surface area contributed by atoms with Crippen LogP contribution in [0, 0.1) is 5.92 Å². The average molecular weight is 352 g/mol. The van der Waals surface area contributed by atoms with Gasteiger partial charge in [0.15, 0.2) is 5.76 Å². The first-order chi connectivity index (χ1) is 12.7. The second-order valence-electron chi connectivity index (χ2n) is 7.31. The Morgan fingerprint density at radius 2 is 2.04 bits per heavy atom. The summed E-state index contributed by atoms with van der Waals surface area (Å²) in [7, 11) is 0. The summed E-state index contributed by atoms with van der Waals surface area (Å²) in [6.45, 7) is 1.65. The van der Waals surface area contributed by atoms with Gasteiger partial charge in [-0.2, -0.15) is 0 Å². The van der Waals surface area contributed by atoms with E-state index in [9.17, 15) is 9.59 Å². The molecule has 2 aromatic rings. The van der Waals surface area contributed by atoms with Crippen LogP contribution in [0.15, 0.2) is 41.0 Å². The van der Waals surface area contributed by atoms with Crippen molar-refractivity contribution in [3.05, 3.63) is 53.5 Å². The lowest BCUT2D eigenvalue weighted by molar-refractivity contribution is 0.0697. The van der Waals surface area contributed by atoms with E-state index in [0.717, 1.165) is 30.6 Å². The summed E-state index contributed by atoms with van der Waals surface area (Å²) in [5.41, 5.74) is 2.47. The molecular formula is C21H24N2O3. The lowest BCUT2D eigenvalue weighted by Gasteiger charge is -2.33. The number of benzene rings is 1. The van der Waals surface area contributed by atoms with Gasteiger partial charge < -0.3 is 14.6 Å². The molecule has 1 N–H and O–H groups in total. The molecule has 26 heavy (non-hydrogen) atoms. The van der Waals surface area contributed by atoms with E-state index < -0.39 is 0 Å². The Bertz CT molecular complexity index is 792. The van der Waals surface area contributed by atoms with Crippen molar-refractivity contribution in [1.82, 2.24) is 4.90 Å². The Hall–Kier alpha value is -2.56. The summed E-state index contributed by atoms with van der Waals surface area (Å²) in [5.74, 6) is 0.773.